The first-order valence-electron chi connectivity index (χ1n) is 5.54. The molecule has 0 radical (unpaired) electrons. The van der Waals surface area contributed by atoms with Crippen molar-refractivity contribution in [2.45, 2.75) is 26.4 Å². The van der Waals surface area contributed by atoms with E-state index in [9.17, 15) is 0 Å². The van der Waals surface area contributed by atoms with Crippen LogP contribution >= 0.6 is 0 Å². The summed E-state index contributed by atoms with van der Waals surface area (Å²) in [5.74, 6) is 0. The quantitative estimate of drug-likeness (QED) is 0.736. The fraction of sp³-hybridized carbons (Fsp3) is 0.500. The first-order valence-corrected chi connectivity index (χ1v) is 5.54. The van der Waals surface area contributed by atoms with Gasteiger partial charge in [-0.3, -0.25) is 4.90 Å². The SMILES string of the molecule is CCN1CCc2cccc(CNO)c2C1. The molecule has 0 spiro atoms. The lowest BCUT2D eigenvalue weighted by molar-refractivity contribution is 0.160. The molecule has 0 fully saturated rings. The molecule has 0 saturated heterocycles. The number of benzene rings is 1. The van der Waals surface area contributed by atoms with Crippen LogP contribution in [0.25, 0.3) is 0 Å². The first-order chi connectivity index (χ1) is 7.35. The maximum atomic E-state index is 8.78. The van der Waals surface area contributed by atoms with Gasteiger partial charge in [-0.05, 0) is 29.7 Å². The number of hydrogen-bond donors (Lipinski definition) is 2. The van der Waals surface area contributed by atoms with Crippen LogP contribution in [0.5, 0.6) is 0 Å². The molecule has 0 aromatic heterocycles. The molecular formula is C12H18N2O. The molecule has 1 aliphatic heterocycles. The fourth-order valence-corrected chi connectivity index (χ4v) is 2.23. The molecule has 0 bridgehead atoms. The van der Waals surface area contributed by atoms with E-state index in [1.54, 1.807) is 0 Å². The Morgan fingerprint density at radius 1 is 1.47 bits per heavy atom. The second-order valence-electron chi connectivity index (χ2n) is 4.01. The molecule has 1 heterocycles. The van der Waals surface area contributed by atoms with E-state index in [4.69, 9.17) is 5.21 Å². The maximum absolute atomic E-state index is 8.78. The second kappa shape index (κ2) is 4.75. The lowest BCUT2D eigenvalue weighted by Gasteiger charge is -2.29. The van der Waals surface area contributed by atoms with E-state index in [0.29, 0.717) is 6.54 Å². The molecule has 82 valence electrons. The van der Waals surface area contributed by atoms with Gasteiger partial charge in [-0.2, -0.15) is 0 Å². The van der Waals surface area contributed by atoms with Gasteiger partial charge >= 0.3 is 0 Å². The first kappa shape index (κ1) is 10.6. The molecule has 15 heavy (non-hydrogen) atoms. The van der Waals surface area contributed by atoms with Gasteiger partial charge in [-0.1, -0.05) is 25.1 Å². The van der Waals surface area contributed by atoms with Crippen LogP contribution in [0.15, 0.2) is 18.2 Å². The fourth-order valence-electron chi connectivity index (χ4n) is 2.23. The summed E-state index contributed by atoms with van der Waals surface area (Å²) < 4.78 is 0. The van der Waals surface area contributed by atoms with Crippen molar-refractivity contribution >= 4 is 0 Å². The van der Waals surface area contributed by atoms with Crippen LogP contribution in [-0.2, 0) is 19.5 Å². The van der Waals surface area contributed by atoms with Crippen LogP contribution in [0.2, 0.25) is 0 Å². The van der Waals surface area contributed by atoms with Crippen molar-refractivity contribution in [3.8, 4) is 0 Å². The highest BCUT2D eigenvalue weighted by Crippen LogP contribution is 2.22. The predicted octanol–water partition coefficient (Wildman–Crippen LogP) is 1.54. The van der Waals surface area contributed by atoms with Crippen molar-refractivity contribution in [1.82, 2.24) is 10.4 Å². The number of hydroxylamine groups is 1. The molecule has 0 unspecified atom stereocenters. The van der Waals surface area contributed by atoms with Crippen LogP contribution in [0, 0.1) is 0 Å². The molecule has 1 aromatic carbocycles. The highest BCUT2D eigenvalue weighted by molar-refractivity contribution is 5.36. The Kier molecular flexibility index (Phi) is 3.36. The van der Waals surface area contributed by atoms with Gasteiger partial charge in [0.15, 0.2) is 0 Å². The third-order valence-corrected chi connectivity index (χ3v) is 3.17. The highest BCUT2D eigenvalue weighted by atomic mass is 16.5. The van der Waals surface area contributed by atoms with Crippen molar-refractivity contribution in [1.29, 1.82) is 0 Å². The number of nitrogens with zero attached hydrogens (tertiary/aromatic N) is 1. The molecule has 3 heteroatoms. The lowest BCUT2D eigenvalue weighted by atomic mass is 9.95. The summed E-state index contributed by atoms with van der Waals surface area (Å²) in [5, 5.41) is 8.78. The zero-order chi connectivity index (χ0) is 10.7. The lowest BCUT2D eigenvalue weighted by Crippen LogP contribution is -2.31. The molecule has 3 nitrogen and oxygen atoms in total. The van der Waals surface area contributed by atoms with Gasteiger partial charge in [0.05, 0.1) is 0 Å². The van der Waals surface area contributed by atoms with Gasteiger partial charge in [0.25, 0.3) is 0 Å². The minimum Gasteiger partial charge on any atom is -0.316 e. The molecule has 1 aromatic rings. The maximum Gasteiger partial charge on any atom is 0.0461 e. The van der Waals surface area contributed by atoms with Crippen molar-refractivity contribution in [3.63, 3.8) is 0 Å². The van der Waals surface area contributed by atoms with Gasteiger partial charge in [-0.25, -0.2) is 5.48 Å². The normalized spacial score (nSPS) is 16.4. The number of fused-ring (bicyclic) bond motifs is 1. The Morgan fingerprint density at radius 2 is 2.33 bits per heavy atom. The van der Waals surface area contributed by atoms with Crippen molar-refractivity contribution < 1.29 is 5.21 Å². The second-order valence-corrected chi connectivity index (χ2v) is 4.01. The molecule has 2 N–H and O–H groups in total. The molecule has 0 atom stereocenters. The van der Waals surface area contributed by atoms with Crippen LogP contribution in [0.1, 0.15) is 23.6 Å². The van der Waals surface area contributed by atoms with E-state index in [1.165, 1.54) is 16.7 Å². The molecule has 1 aliphatic rings. The van der Waals surface area contributed by atoms with Crippen LogP contribution in [-0.4, -0.2) is 23.2 Å². The average molecular weight is 206 g/mol. The minimum atomic E-state index is 0.542. The Morgan fingerprint density at radius 3 is 3.07 bits per heavy atom. The smallest absolute Gasteiger partial charge is 0.0461 e. The summed E-state index contributed by atoms with van der Waals surface area (Å²) in [6.07, 6.45) is 1.13. The number of rotatable bonds is 3. The largest absolute Gasteiger partial charge is 0.316 e. The van der Waals surface area contributed by atoms with Crippen molar-refractivity contribution in [2.24, 2.45) is 0 Å². The standard InChI is InChI=1S/C12H18N2O/c1-2-14-7-6-10-4-3-5-11(8-13-15)12(10)9-14/h3-5,13,15H,2,6-9H2,1H3. The van der Waals surface area contributed by atoms with Gasteiger partial charge in [0.2, 0.25) is 0 Å². The van der Waals surface area contributed by atoms with Gasteiger partial charge < -0.3 is 5.21 Å². The van der Waals surface area contributed by atoms with E-state index in [0.717, 1.165) is 26.1 Å². The Balaban J connectivity index is 2.28. The van der Waals surface area contributed by atoms with Crippen LogP contribution < -0.4 is 5.48 Å². The van der Waals surface area contributed by atoms with Gasteiger partial charge in [0.1, 0.15) is 0 Å². The van der Waals surface area contributed by atoms with Crippen LogP contribution in [0.3, 0.4) is 0 Å². The van der Waals surface area contributed by atoms with Crippen molar-refractivity contribution in [2.75, 3.05) is 13.1 Å². The average Bonchev–Trinajstić information content (AvgIpc) is 2.29. The van der Waals surface area contributed by atoms with E-state index in [2.05, 4.69) is 35.5 Å². The Bertz CT molecular complexity index is 338. The molecule has 2 rings (SSSR count). The molecule has 0 amide bonds. The summed E-state index contributed by atoms with van der Waals surface area (Å²) in [4.78, 5) is 2.43. The molecule has 0 saturated carbocycles. The zero-order valence-electron chi connectivity index (χ0n) is 9.16. The van der Waals surface area contributed by atoms with Gasteiger partial charge in [-0.15, -0.1) is 0 Å². The monoisotopic (exact) mass is 206 g/mol. The summed E-state index contributed by atoms with van der Waals surface area (Å²) in [6, 6.07) is 6.36. The van der Waals surface area contributed by atoms with E-state index >= 15 is 0 Å². The summed E-state index contributed by atoms with van der Waals surface area (Å²) in [6.45, 7) is 6.00. The zero-order valence-corrected chi connectivity index (χ0v) is 9.16. The Hall–Kier alpha value is -0.900. The summed E-state index contributed by atoms with van der Waals surface area (Å²) in [7, 11) is 0. The van der Waals surface area contributed by atoms with Crippen molar-refractivity contribution in [3.05, 3.63) is 34.9 Å². The third kappa shape index (κ3) is 2.20. The van der Waals surface area contributed by atoms with Gasteiger partial charge in [0, 0.05) is 19.6 Å². The van der Waals surface area contributed by atoms with Crippen LogP contribution in [0.4, 0.5) is 0 Å². The molecular weight excluding hydrogens is 188 g/mol. The number of likely N-dealkylation sites (N-methyl/N-ethyl adjacent to an activating group) is 1. The van der Waals surface area contributed by atoms with E-state index in [-0.39, 0.29) is 0 Å². The minimum absolute atomic E-state index is 0.542. The highest BCUT2D eigenvalue weighted by Gasteiger charge is 2.16. The number of hydrogen-bond acceptors (Lipinski definition) is 3. The van der Waals surface area contributed by atoms with E-state index < -0.39 is 0 Å². The topological polar surface area (TPSA) is 35.5 Å². The molecule has 0 aliphatic carbocycles. The predicted molar refractivity (Wildman–Crippen MR) is 59.7 cm³/mol. The summed E-state index contributed by atoms with van der Waals surface area (Å²) in [5.41, 5.74) is 6.30. The Labute approximate surface area is 90.7 Å². The summed E-state index contributed by atoms with van der Waals surface area (Å²) >= 11 is 0. The third-order valence-electron chi connectivity index (χ3n) is 3.17. The number of nitrogens with one attached hydrogen (secondary N) is 1. The van der Waals surface area contributed by atoms with E-state index in [1.807, 2.05) is 0 Å².